The number of carbonyl (C=O) groups excluding carboxylic acids is 2. The Bertz CT molecular complexity index is 4250. The molecule has 0 spiro atoms. The third kappa shape index (κ3) is 10.0. The van der Waals surface area contributed by atoms with Crippen LogP contribution < -0.4 is 10.6 Å². The number of allylic oxidation sites excluding steroid dienone is 24. The summed E-state index contributed by atoms with van der Waals surface area (Å²) in [6.45, 7) is 20.6. The lowest BCUT2D eigenvalue weighted by Gasteiger charge is -2.17. The number of nitrogens with zero attached hydrogens (tertiary/aromatic N) is 6. The van der Waals surface area contributed by atoms with Gasteiger partial charge >= 0.3 is 11.9 Å². The lowest BCUT2D eigenvalue weighted by molar-refractivity contribution is -0.141. The molecular weight excluding hydrogens is 1120 g/mol. The smallest absolute Gasteiger partial charge is 0.305 e. The summed E-state index contributed by atoms with van der Waals surface area (Å²) in [5, 5.41) is 41.5. The van der Waals surface area contributed by atoms with Crippen LogP contribution in [0.3, 0.4) is 0 Å². The molecule has 15 nitrogen and oxygen atoms in total. The number of benzene rings is 1. The average Bonchev–Trinajstić information content (AvgIpc) is 1.60. The molecule has 2 saturated heterocycles. The van der Waals surface area contributed by atoms with E-state index >= 15 is 0 Å². The van der Waals surface area contributed by atoms with Crippen molar-refractivity contribution < 1.29 is 34.4 Å². The van der Waals surface area contributed by atoms with Crippen LogP contribution in [0.15, 0.2) is 231 Å². The van der Waals surface area contributed by atoms with Gasteiger partial charge in [-0.15, -0.1) is 0 Å². The van der Waals surface area contributed by atoms with Crippen molar-refractivity contribution >= 4 is 46.2 Å². The number of methoxy groups -OCH3 is 2. The molecule has 13 rings (SSSR count). The van der Waals surface area contributed by atoms with Gasteiger partial charge in [0.15, 0.2) is 0 Å². The van der Waals surface area contributed by atoms with Gasteiger partial charge in [-0.1, -0.05) is 51.4 Å². The molecule has 1 aromatic rings. The summed E-state index contributed by atoms with van der Waals surface area (Å²) in [5.74, 6) is 13.7. The van der Waals surface area contributed by atoms with Gasteiger partial charge in [0.05, 0.1) is 100 Å². The highest BCUT2D eigenvalue weighted by molar-refractivity contribution is 6.23. The highest BCUT2D eigenvalue weighted by Gasteiger charge is 2.44. The van der Waals surface area contributed by atoms with Crippen LogP contribution in [0.5, 0.6) is 0 Å². The molecule has 0 amide bonds. The Morgan fingerprint density at radius 1 is 0.533 bits per heavy atom. The summed E-state index contributed by atoms with van der Waals surface area (Å²) in [6.07, 6.45) is 15.9. The molecular formula is C75H72N8O7. The number of hydrogen-bond acceptors (Lipinski definition) is 15. The molecule has 0 saturated carbocycles. The van der Waals surface area contributed by atoms with E-state index in [1.165, 1.54) is 14.2 Å². The van der Waals surface area contributed by atoms with Gasteiger partial charge in [-0.3, -0.25) is 9.59 Å². The van der Waals surface area contributed by atoms with Crippen molar-refractivity contribution in [2.75, 3.05) is 14.2 Å². The van der Waals surface area contributed by atoms with Crippen molar-refractivity contribution in [2.24, 2.45) is 53.6 Å². The Morgan fingerprint density at radius 2 is 0.933 bits per heavy atom. The standard InChI is InChI=1S/C75H72N8O7/c1-13-46-35(3)56-30-64-48(37(5)54(78-64)28-58-39(7)50(19-21-68(87)89-11)72(80-58)52-26-66(85)70-41(9)60(82-74(52)70)32-62(46)76-56)17-15-43-23-44(25-45(24-43)34-84)16-18-49-38(6)55-29-59-40(8)51(20-22-69(88)90-12)73(81-59)53-27-67(86)71-42(10)61(83-75(53)71)33-63-47(14-2)36(4)57(77-63)31-65(49)79-55/h23-25,28-33,39-40,50-51,80-81,84-86H,13-14,19-22,26-27,34H2,1-12H3/t39-,40-,50-,51-/m0/s1. The van der Waals surface area contributed by atoms with Crippen LogP contribution in [0, 0.1) is 47.4 Å². The normalized spacial score (nSPS) is 23.7. The second-order valence-electron chi connectivity index (χ2n) is 24.8. The van der Waals surface area contributed by atoms with Crippen LogP contribution in [0.1, 0.15) is 137 Å². The monoisotopic (exact) mass is 1200 g/mol. The summed E-state index contributed by atoms with van der Waals surface area (Å²) >= 11 is 0. The molecule has 0 unspecified atom stereocenters. The molecule has 5 N–H and O–H groups in total. The first-order chi connectivity index (χ1) is 43.3. The van der Waals surface area contributed by atoms with Crippen LogP contribution >= 0.6 is 0 Å². The van der Waals surface area contributed by atoms with E-state index in [0.29, 0.717) is 53.8 Å². The molecule has 16 bridgehead atoms. The third-order valence-corrected chi connectivity index (χ3v) is 19.7. The zero-order valence-electron chi connectivity index (χ0n) is 53.0. The third-order valence-electron chi connectivity index (χ3n) is 19.7. The Morgan fingerprint density at radius 3 is 1.32 bits per heavy atom. The molecule has 10 aliphatic heterocycles. The van der Waals surface area contributed by atoms with Crippen molar-refractivity contribution in [3.05, 3.63) is 218 Å². The van der Waals surface area contributed by atoms with Gasteiger partial charge in [-0.25, -0.2) is 30.0 Å². The maximum absolute atomic E-state index is 12.7. The molecule has 1 aromatic carbocycles. The van der Waals surface area contributed by atoms with Crippen molar-refractivity contribution in [3.8, 4) is 23.7 Å². The molecule has 0 radical (unpaired) electrons. The van der Waals surface area contributed by atoms with Crippen LogP contribution in [-0.2, 0) is 25.7 Å². The quantitative estimate of drug-likeness (QED) is 0.117. The van der Waals surface area contributed by atoms with Gasteiger partial charge < -0.3 is 35.4 Å². The predicted molar refractivity (Wildman–Crippen MR) is 353 cm³/mol. The number of carbonyl (C=O) groups is 2. The average molecular weight is 1200 g/mol. The van der Waals surface area contributed by atoms with Gasteiger partial charge in [0, 0.05) is 106 Å². The predicted octanol–water partition coefficient (Wildman–Crippen LogP) is 13.1. The van der Waals surface area contributed by atoms with E-state index in [-0.39, 0.29) is 66.6 Å². The zero-order valence-corrected chi connectivity index (χ0v) is 53.0. The summed E-state index contributed by atoms with van der Waals surface area (Å²) in [7, 11) is 2.82. The Labute approximate surface area is 525 Å². The molecule has 15 heteroatoms. The molecule has 4 atom stereocenters. The molecule has 90 heavy (non-hydrogen) atoms. The van der Waals surface area contributed by atoms with Gasteiger partial charge in [0.25, 0.3) is 0 Å². The minimum atomic E-state index is -0.284. The number of aliphatic hydroxyl groups excluding tert-OH is 3. The fourth-order valence-electron chi connectivity index (χ4n) is 14.5. The molecule has 12 aliphatic rings. The number of esters is 2. The molecule has 2 aliphatic carbocycles. The fraction of sp³-hybridized carbons (Fsp3) is 0.333. The van der Waals surface area contributed by atoms with E-state index in [4.69, 9.17) is 39.4 Å². The number of rotatable bonds is 9. The first-order valence-electron chi connectivity index (χ1n) is 31.2. The summed E-state index contributed by atoms with van der Waals surface area (Å²) in [4.78, 5) is 56.9. The number of ether oxygens (including phenoxy) is 2. The number of aliphatic imine (C=N–C) groups is 6. The highest BCUT2D eigenvalue weighted by atomic mass is 16.5. The molecule has 454 valence electrons. The van der Waals surface area contributed by atoms with Crippen LogP contribution in [-0.4, -0.2) is 75.7 Å². The molecule has 10 heterocycles. The topological polar surface area (TPSA) is 212 Å². The number of hydrogen-bond donors (Lipinski definition) is 5. The van der Waals surface area contributed by atoms with Crippen molar-refractivity contribution in [2.45, 2.75) is 127 Å². The van der Waals surface area contributed by atoms with Gasteiger partial charge in [-0.2, -0.15) is 0 Å². The lowest BCUT2D eigenvalue weighted by atomic mass is 9.86. The number of nitrogens with one attached hydrogen (secondary N) is 2. The van der Waals surface area contributed by atoms with Crippen molar-refractivity contribution in [1.29, 1.82) is 0 Å². The van der Waals surface area contributed by atoms with Crippen LogP contribution in [0.25, 0.3) is 0 Å². The van der Waals surface area contributed by atoms with E-state index in [1.54, 1.807) is 0 Å². The van der Waals surface area contributed by atoms with Crippen LogP contribution in [0.2, 0.25) is 0 Å². The second-order valence-corrected chi connectivity index (χ2v) is 24.8. The Kier molecular flexibility index (Phi) is 15.2. The Hall–Kier alpha value is -9.70. The molecule has 2 fully saturated rings. The van der Waals surface area contributed by atoms with Gasteiger partial charge in [0.1, 0.15) is 11.5 Å². The lowest BCUT2D eigenvalue weighted by Crippen LogP contribution is -2.16. The van der Waals surface area contributed by atoms with Gasteiger partial charge in [0.2, 0.25) is 0 Å². The van der Waals surface area contributed by atoms with Gasteiger partial charge in [-0.05, 0) is 172 Å². The number of fused-ring (bicyclic) bond motifs is 10. The first-order valence-corrected chi connectivity index (χ1v) is 31.2. The van der Waals surface area contributed by atoms with E-state index in [2.05, 4.69) is 88.0 Å². The minimum Gasteiger partial charge on any atom is -0.511 e. The van der Waals surface area contributed by atoms with Crippen molar-refractivity contribution in [1.82, 2.24) is 10.6 Å². The summed E-state index contributed by atoms with van der Waals surface area (Å²) < 4.78 is 10.2. The summed E-state index contributed by atoms with van der Waals surface area (Å²) in [5.41, 5.74) is 27.2. The van der Waals surface area contributed by atoms with Crippen molar-refractivity contribution in [3.63, 3.8) is 0 Å². The summed E-state index contributed by atoms with van der Waals surface area (Å²) in [6, 6.07) is 5.71. The highest BCUT2D eigenvalue weighted by Crippen LogP contribution is 2.49. The van der Waals surface area contributed by atoms with Crippen LogP contribution in [0.4, 0.5) is 0 Å². The number of aliphatic hydroxyl groups is 3. The maximum Gasteiger partial charge on any atom is 0.305 e. The van der Waals surface area contributed by atoms with E-state index in [9.17, 15) is 24.9 Å². The minimum absolute atomic E-state index is 0.0558. The largest absolute Gasteiger partial charge is 0.511 e. The van der Waals surface area contributed by atoms with E-state index in [1.807, 2.05) is 70.2 Å². The zero-order chi connectivity index (χ0) is 63.3. The SMILES string of the molecule is CCC1=C(C)C2=NC1=CC1=C(C)C3=C(O)CC(=C4NC(=CC5=NC(=C2)C(C#Cc2cc(C#CC6=C(C)C7=NC6=CC6=NC(=CC8=C(C)C9=C(O)CC(=C%10NC(=C7)[C@@H](C)[C@@H]%10CCC(=O)OC)C9=N8)C(CC)=C6C)cc(CO)c2)=C5C)[C@@H](C)[C@@H]4CCC(=O)OC)C3=N1. The second kappa shape index (κ2) is 23.0. The van der Waals surface area contributed by atoms with E-state index < -0.39 is 0 Å². The van der Waals surface area contributed by atoms with E-state index in [0.717, 1.165) is 171 Å². The molecule has 0 aromatic heterocycles. The maximum atomic E-state index is 12.7. The first kappa shape index (κ1) is 59.3. The Balaban J connectivity index is 0.898. The fourth-order valence-corrected chi connectivity index (χ4v) is 14.5.